The van der Waals surface area contributed by atoms with E-state index in [9.17, 15) is 4.79 Å². The molecule has 0 amide bonds. The standard InChI is InChI=1S/C18H23NO/c1-13-15(10-11-18(2,3)4)17(20)12-16(19-13)14-8-6-5-7-9-14/h5-10,16,19H,1,11-12H2,2-4H3/b15-10-. The lowest BCUT2D eigenvalue weighted by atomic mass is 9.87. The summed E-state index contributed by atoms with van der Waals surface area (Å²) in [4.78, 5) is 12.3. The molecule has 20 heavy (non-hydrogen) atoms. The van der Waals surface area contributed by atoms with Crippen molar-refractivity contribution in [2.75, 3.05) is 0 Å². The number of Topliss-reactive ketones (excluding diaryl/α,β-unsaturated/α-hetero) is 1. The van der Waals surface area contributed by atoms with Crippen LogP contribution in [0.25, 0.3) is 0 Å². The predicted molar refractivity (Wildman–Crippen MR) is 83.2 cm³/mol. The van der Waals surface area contributed by atoms with Crippen molar-refractivity contribution in [3.8, 4) is 0 Å². The van der Waals surface area contributed by atoms with Gasteiger partial charge in [-0.3, -0.25) is 4.79 Å². The van der Waals surface area contributed by atoms with Gasteiger partial charge in [0, 0.05) is 17.7 Å². The highest BCUT2D eigenvalue weighted by Gasteiger charge is 2.27. The molecule has 1 unspecified atom stereocenters. The highest BCUT2D eigenvalue weighted by molar-refractivity contribution is 6.00. The second-order valence-corrected chi connectivity index (χ2v) is 6.60. The van der Waals surface area contributed by atoms with Crippen LogP contribution in [0.3, 0.4) is 0 Å². The average Bonchev–Trinajstić information content (AvgIpc) is 2.37. The molecule has 106 valence electrons. The van der Waals surface area contributed by atoms with Crippen molar-refractivity contribution >= 4 is 5.78 Å². The quantitative estimate of drug-likeness (QED) is 0.817. The van der Waals surface area contributed by atoms with E-state index in [-0.39, 0.29) is 17.2 Å². The Bertz CT molecular complexity index is 514. The molecule has 1 fully saturated rings. The summed E-state index contributed by atoms with van der Waals surface area (Å²) in [6.07, 6.45) is 3.41. The molecule has 2 rings (SSSR count). The van der Waals surface area contributed by atoms with Crippen LogP contribution in [-0.4, -0.2) is 5.78 Å². The molecule has 1 heterocycles. The first-order valence-corrected chi connectivity index (χ1v) is 7.11. The number of rotatable bonds is 2. The summed E-state index contributed by atoms with van der Waals surface area (Å²) in [5.74, 6) is 0.187. The first-order chi connectivity index (χ1) is 9.37. The summed E-state index contributed by atoms with van der Waals surface area (Å²) >= 11 is 0. The maximum atomic E-state index is 12.3. The molecule has 1 aromatic rings. The molecule has 2 heteroatoms. The van der Waals surface area contributed by atoms with Gasteiger partial charge in [-0.05, 0) is 17.4 Å². The number of hydrogen-bond donors (Lipinski definition) is 1. The molecule has 1 saturated heterocycles. The van der Waals surface area contributed by atoms with Gasteiger partial charge in [0.25, 0.3) is 0 Å². The lowest BCUT2D eigenvalue weighted by Crippen LogP contribution is -2.32. The molecule has 0 bridgehead atoms. The third-order valence-corrected chi connectivity index (χ3v) is 3.48. The van der Waals surface area contributed by atoms with E-state index in [0.717, 1.165) is 23.3 Å². The van der Waals surface area contributed by atoms with Crippen LogP contribution in [0.5, 0.6) is 0 Å². The molecule has 0 radical (unpaired) electrons. The van der Waals surface area contributed by atoms with Gasteiger partial charge < -0.3 is 5.32 Å². The fourth-order valence-corrected chi connectivity index (χ4v) is 2.33. The van der Waals surface area contributed by atoms with Gasteiger partial charge in [-0.2, -0.15) is 0 Å². The molecule has 2 nitrogen and oxygen atoms in total. The van der Waals surface area contributed by atoms with Crippen molar-refractivity contribution < 1.29 is 4.79 Å². The Balaban J connectivity index is 2.13. The predicted octanol–water partition coefficient (Wildman–Crippen LogP) is 4.17. The van der Waals surface area contributed by atoms with Gasteiger partial charge in [0.15, 0.2) is 5.78 Å². The largest absolute Gasteiger partial charge is 0.378 e. The van der Waals surface area contributed by atoms with Crippen molar-refractivity contribution in [2.45, 2.75) is 39.7 Å². The van der Waals surface area contributed by atoms with E-state index in [4.69, 9.17) is 0 Å². The number of carbonyl (C=O) groups is 1. The third-order valence-electron chi connectivity index (χ3n) is 3.48. The van der Waals surface area contributed by atoms with Crippen LogP contribution in [0, 0.1) is 5.41 Å². The minimum Gasteiger partial charge on any atom is -0.378 e. The number of nitrogens with one attached hydrogen (secondary N) is 1. The smallest absolute Gasteiger partial charge is 0.166 e. The Morgan fingerprint density at radius 1 is 1.30 bits per heavy atom. The van der Waals surface area contributed by atoms with E-state index in [0.29, 0.717) is 6.42 Å². The number of allylic oxidation sites excluding steroid dienone is 2. The van der Waals surface area contributed by atoms with Crippen molar-refractivity contribution in [2.24, 2.45) is 5.41 Å². The second kappa shape index (κ2) is 5.66. The summed E-state index contributed by atoms with van der Waals surface area (Å²) in [5.41, 5.74) is 2.83. The van der Waals surface area contributed by atoms with Crippen LogP contribution in [-0.2, 0) is 4.79 Å². The van der Waals surface area contributed by atoms with Gasteiger partial charge in [0.2, 0.25) is 0 Å². The van der Waals surface area contributed by atoms with Crippen molar-refractivity contribution in [3.05, 3.63) is 59.8 Å². The Morgan fingerprint density at radius 2 is 1.95 bits per heavy atom. The SMILES string of the molecule is C=C1NC(c2ccccc2)CC(=O)/C1=C\CC(C)(C)C. The first-order valence-electron chi connectivity index (χ1n) is 7.11. The number of carbonyl (C=O) groups excluding carboxylic acids is 1. The molecule has 1 N–H and O–H groups in total. The zero-order valence-corrected chi connectivity index (χ0v) is 12.6. The zero-order valence-electron chi connectivity index (χ0n) is 12.6. The van der Waals surface area contributed by atoms with E-state index >= 15 is 0 Å². The molecule has 0 saturated carbocycles. The second-order valence-electron chi connectivity index (χ2n) is 6.60. The molecule has 0 aromatic heterocycles. The lowest BCUT2D eigenvalue weighted by Gasteiger charge is -2.28. The van der Waals surface area contributed by atoms with Crippen molar-refractivity contribution in [1.29, 1.82) is 0 Å². The molecular formula is C18H23NO. The average molecular weight is 269 g/mol. The summed E-state index contributed by atoms with van der Waals surface area (Å²) in [5, 5.41) is 3.37. The molecular weight excluding hydrogens is 246 g/mol. The molecule has 1 aliphatic heterocycles. The lowest BCUT2D eigenvalue weighted by molar-refractivity contribution is -0.116. The van der Waals surface area contributed by atoms with Crippen LogP contribution in [0.2, 0.25) is 0 Å². The summed E-state index contributed by atoms with van der Waals surface area (Å²) in [6.45, 7) is 10.5. The number of ketones is 1. The van der Waals surface area contributed by atoms with E-state index in [1.807, 2.05) is 36.4 Å². The monoisotopic (exact) mass is 269 g/mol. The van der Waals surface area contributed by atoms with Crippen molar-refractivity contribution in [1.82, 2.24) is 5.32 Å². The molecule has 1 aromatic carbocycles. The van der Waals surface area contributed by atoms with E-state index in [1.165, 1.54) is 0 Å². The van der Waals surface area contributed by atoms with Crippen LogP contribution in [0.15, 0.2) is 54.3 Å². The molecule has 0 spiro atoms. The normalized spacial score (nSPS) is 21.9. The number of benzene rings is 1. The van der Waals surface area contributed by atoms with Crippen LogP contribution < -0.4 is 5.32 Å². The number of hydrogen-bond acceptors (Lipinski definition) is 2. The van der Waals surface area contributed by atoms with Gasteiger partial charge in [0.1, 0.15) is 0 Å². The highest BCUT2D eigenvalue weighted by atomic mass is 16.1. The summed E-state index contributed by atoms with van der Waals surface area (Å²) < 4.78 is 0. The summed E-state index contributed by atoms with van der Waals surface area (Å²) in [7, 11) is 0. The topological polar surface area (TPSA) is 29.1 Å². The summed E-state index contributed by atoms with van der Waals surface area (Å²) in [6, 6.07) is 10.1. The molecule has 1 aliphatic rings. The molecule has 0 aliphatic carbocycles. The van der Waals surface area contributed by atoms with Crippen LogP contribution in [0.4, 0.5) is 0 Å². The van der Waals surface area contributed by atoms with Gasteiger partial charge in [-0.1, -0.05) is 63.8 Å². The van der Waals surface area contributed by atoms with Crippen molar-refractivity contribution in [3.63, 3.8) is 0 Å². The fourth-order valence-electron chi connectivity index (χ4n) is 2.33. The highest BCUT2D eigenvalue weighted by Crippen LogP contribution is 2.29. The maximum Gasteiger partial charge on any atom is 0.166 e. The number of piperidine rings is 1. The van der Waals surface area contributed by atoms with Gasteiger partial charge in [0.05, 0.1) is 6.04 Å². The minimum atomic E-state index is 0.0444. The Hall–Kier alpha value is -1.83. The molecule has 1 atom stereocenters. The maximum absolute atomic E-state index is 12.3. The Morgan fingerprint density at radius 3 is 2.50 bits per heavy atom. The van der Waals surface area contributed by atoms with E-state index in [2.05, 4.69) is 32.7 Å². The Labute approximate surface area is 121 Å². The van der Waals surface area contributed by atoms with Gasteiger partial charge in [-0.25, -0.2) is 0 Å². The van der Waals surface area contributed by atoms with Gasteiger partial charge >= 0.3 is 0 Å². The minimum absolute atomic E-state index is 0.0444. The zero-order chi connectivity index (χ0) is 14.8. The van der Waals surface area contributed by atoms with Crippen LogP contribution in [0.1, 0.15) is 45.2 Å². The van der Waals surface area contributed by atoms with Crippen LogP contribution >= 0.6 is 0 Å². The fraction of sp³-hybridized carbons (Fsp3) is 0.389. The van der Waals surface area contributed by atoms with E-state index in [1.54, 1.807) is 0 Å². The van der Waals surface area contributed by atoms with Gasteiger partial charge in [-0.15, -0.1) is 0 Å². The Kier molecular flexibility index (Phi) is 4.12. The van der Waals surface area contributed by atoms with E-state index < -0.39 is 0 Å². The first kappa shape index (κ1) is 14.6. The third kappa shape index (κ3) is 3.60.